The number of nitrogens with zero attached hydrogens (tertiary/aromatic N) is 4. The van der Waals surface area contributed by atoms with Crippen molar-refractivity contribution in [1.82, 2.24) is 0 Å². The number of nitriles is 3. The first-order valence-corrected chi connectivity index (χ1v) is 9.66. The molecule has 9 nitrogen and oxygen atoms in total. The maximum Gasteiger partial charge on any atom is 0.240 e. The molecule has 30 heavy (non-hydrogen) atoms. The number of fused-ring (bicyclic) bond motifs is 1. The Morgan fingerprint density at radius 1 is 1.07 bits per heavy atom. The highest BCUT2D eigenvalue weighted by molar-refractivity contribution is 5.64. The normalized spacial score (nSPS) is 15.3. The SMILES string of the molecule is N#CCc1c(C#N)c(N)[nH+]c(N2CC[NH+](Cc3ccc4c(c3)OCO4)CC2)c1C#N. The fraction of sp³-hybridized carbons (Fsp3) is 0.333. The molecular weight excluding hydrogens is 382 g/mol. The number of hydrogen-bond donors (Lipinski definition) is 2. The molecule has 1 aromatic carbocycles. The number of aromatic nitrogens is 1. The van der Waals surface area contributed by atoms with Crippen LogP contribution in [0.25, 0.3) is 0 Å². The molecule has 0 radical (unpaired) electrons. The van der Waals surface area contributed by atoms with Gasteiger partial charge in [0.25, 0.3) is 0 Å². The highest BCUT2D eigenvalue weighted by atomic mass is 16.7. The van der Waals surface area contributed by atoms with Gasteiger partial charge >= 0.3 is 0 Å². The third kappa shape index (κ3) is 3.53. The molecule has 2 aromatic rings. The molecule has 2 aliphatic heterocycles. The first-order valence-electron chi connectivity index (χ1n) is 9.66. The third-order valence-electron chi connectivity index (χ3n) is 5.52. The lowest BCUT2D eigenvalue weighted by Gasteiger charge is -2.30. The summed E-state index contributed by atoms with van der Waals surface area (Å²) < 4.78 is 10.8. The summed E-state index contributed by atoms with van der Waals surface area (Å²) in [5.41, 5.74) is 8.09. The van der Waals surface area contributed by atoms with Crippen molar-refractivity contribution in [2.45, 2.75) is 13.0 Å². The largest absolute Gasteiger partial charge is 0.454 e. The second-order valence-electron chi connectivity index (χ2n) is 7.28. The number of nitrogens with one attached hydrogen (secondary N) is 2. The smallest absolute Gasteiger partial charge is 0.240 e. The van der Waals surface area contributed by atoms with E-state index in [1.165, 1.54) is 10.5 Å². The van der Waals surface area contributed by atoms with Gasteiger partial charge in [0.05, 0.1) is 12.5 Å². The topological polar surface area (TPSA) is 138 Å². The second kappa shape index (κ2) is 8.16. The predicted octanol–water partition coefficient (Wildman–Crippen LogP) is -0.474. The molecule has 4 rings (SSSR count). The molecule has 9 heteroatoms. The summed E-state index contributed by atoms with van der Waals surface area (Å²) in [4.78, 5) is 6.51. The molecule has 0 amide bonds. The second-order valence-corrected chi connectivity index (χ2v) is 7.28. The average Bonchev–Trinajstić information content (AvgIpc) is 3.22. The van der Waals surface area contributed by atoms with Crippen molar-refractivity contribution in [3.05, 3.63) is 40.5 Å². The summed E-state index contributed by atoms with van der Waals surface area (Å²) in [6.07, 6.45) is -0.0347. The van der Waals surface area contributed by atoms with Gasteiger partial charge in [0.15, 0.2) is 11.5 Å². The first kappa shape index (κ1) is 19.3. The summed E-state index contributed by atoms with van der Waals surface area (Å²) in [6, 6.07) is 12.2. The molecule has 150 valence electrons. The number of piperazine rings is 1. The molecular formula is C21H21N7O2+2. The summed E-state index contributed by atoms with van der Waals surface area (Å²) >= 11 is 0. The van der Waals surface area contributed by atoms with Crippen LogP contribution in [0.5, 0.6) is 11.5 Å². The van der Waals surface area contributed by atoms with Gasteiger partial charge in [-0.25, -0.2) is 4.98 Å². The fourth-order valence-electron chi connectivity index (χ4n) is 3.99. The lowest BCUT2D eigenvalue weighted by atomic mass is 10.0. The quantitative estimate of drug-likeness (QED) is 0.703. The van der Waals surface area contributed by atoms with Gasteiger partial charge < -0.3 is 20.1 Å². The number of nitrogens with two attached hydrogens (primary N) is 1. The Morgan fingerprint density at radius 3 is 2.50 bits per heavy atom. The summed E-state index contributed by atoms with van der Waals surface area (Å²) in [5, 5.41) is 28.2. The minimum Gasteiger partial charge on any atom is -0.454 e. The Hall–Kier alpha value is -4.00. The van der Waals surface area contributed by atoms with Crippen LogP contribution in [0.2, 0.25) is 0 Å². The van der Waals surface area contributed by atoms with Crippen molar-refractivity contribution >= 4 is 11.6 Å². The van der Waals surface area contributed by atoms with Gasteiger partial charge in [-0.1, -0.05) is 0 Å². The lowest BCUT2D eigenvalue weighted by Crippen LogP contribution is -3.13. The Kier molecular flexibility index (Phi) is 5.26. The van der Waals surface area contributed by atoms with E-state index >= 15 is 0 Å². The van der Waals surface area contributed by atoms with E-state index in [0.717, 1.165) is 44.2 Å². The minimum atomic E-state index is -0.0347. The number of pyridine rings is 1. The molecule has 1 saturated heterocycles. The van der Waals surface area contributed by atoms with Gasteiger partial charge in [0.2, 0.25) is 18.4 Å². The van der Waals surface area contributed by atoms with E-state index in [-0.39, 0.29) is 24.6 Å². The number of quaternary nitrogens is 1. The van der Waals surface area contributed by atoms with Crippen molar-refractivity contribution in [1.29, 1.82) is 15.8 Å². The zero-order valence-electron chi connectivity index (χ0n) is 16.4. The van der Waals surface area contributed by atoms with Crippen molar-refractivity contribution in [3.8, 4) is 29.7 Å². The van der Waals surface area contributed by atoms with Gasteiger partial charge in [0, 0.05) is 11.1 Å². The summed E-state index contributed by atoms with van der Waals surface area (Å²) in [5.74, 6) is 2.34. The molecule has 4 N–H and O–H groups in total. The molecule has 2 aliphatic rings. The highest BCUT2D eigenvalue weighted by Gasteiger charge is 2.30. The average molecular weight is 403 g/mol. The monoisotopic (exact) mass is 403 g/mol. The number of aromatic amines is 1. The van der Waals surface area contributed by atoms with E-state index in [2.05, 4.69) is 22.0 Å². The van der Waals surface area contributed by atoms with Crippen LogP contribution in [-0.2, 0) is 13.0 Å². The molecule has 0 spiro atoms. The van der Waals surface area contributed by atoms with Crippen molar-refractivity contribution in [2.75, 3.05) is 43.6 Å². The number of benzene rings is 1. The number of ether oxygens (including phenoxy) is 2. The van der Waals surface area contributed by atoms with Crippen LogP contribution in [-0.4, -0.2) is 33.0 Å². The molecule has 3 heterocycles. The zero-order chi connectivity index (χ0) is 21.1. The van der Waals surface area contributed by atoms with Crippen LogP contribution in [0.3, 0.4) is 0 Å². The lowest BCUT2D eigenvalue weighted by molar-refractivity contribution is -0.914. The number of H-pyrrole nitrogens is 1. The van der Waals surface area contributed by atoms with E-state index in [1.54, 1.807) is 0 Å². The fourth-order valence-corrected chi connectivity index (χ4v) is 3.99. The standard InChI is InChI=1S/C21H19N7O2/c22-4-3-15-16(10-23)20(25)26-21(17(15)11-24)28-7-5-27(6-8-28)12-14-1-2-18-19(9-14)30-13-29-18/h1-2,9H,3,5-8,12-13H2,(H2,25,26)/p+2. The van der Waals surface area contributed by atoms with Crippen LogP contribution >= 0.6 is 0 Å². The molecule has 0 saturated carbocycles. The minimum absolute atomic E-state index is 0.0347. The third-order valence-corrected chi connectivity index (χ3v) is 5.52. The van der Waals surface area contributed by atoms with Crippen molar-refractivity contribution < 1.29 is 19.4 Å². The van der Waals surface area contributed by atoms with Gasteiger partial charge in [-0.2, -0.15) is 15.8 Å². The highest BCUT2D eigenvalue weighted by Crippen LogP contribution is 2.32. The maximum absolute atomic E-state index is 9.71. The summed E-state index contributed by atoms with van der Waals surface area (Å²) in [7, 11) is 0. The van der Waals surface area contributed by atoms with E-state index in [4.69, 9.17) is 20.5 Å². The van der Waals surface area contributed by atoms with E-state index in [0.29, 0.717) is 16.9 Å². The first-order chi connectivity index (χ1) is 14.6. The predicted molar refractivity (Wildman–Crippen MR) is 105 cm³/mol. The molecule has 0 atom stereocenters. The number of rotatable bonds is 4. The molecule has 0 bridgehead atoms. The van der Waals surface area contributed by atoms with Gasteiger partial charge in [-0.15, -0.1) is 0 Å². The Labute approximate surface area is 174 Å². The number of nitrogen functional groups attached to an aromatic ring is 1. The zero-order valence-corrected chi connectivity index (χ0v) is 16.4. The molecule has 0 unspecified atom stereocenters. The van der Waals surface area contributed by atoms with E-state index in [9.17, 15) is 10.5 Å². The maximum atomic E-state index is 9.71. The van der Waals surface area contributed by atoms with Crippen LogP contribution in [0.1, 0.15) is 22.3 Å². The summed E-state index contributed by atoms with van der Waals surface area (Å²) in [6.45, 7) is 4.34. The van der Waals surface area contributed by atoms with E-state index in [1.807, 2.05) is 24.3 Å². The molecule has 1 aromatic heterocycles. The van der Waals surface area contributed by atoms with Gasteiger partial charge in [-0.05, 0) is 18.2 Å². The molecule has 1 fully saturated rings. The van der Waals surface area contributed by atoms with E-state index < -0.39 is 0 Å². The van der Waals surface area contributed by atoms with Crippen molar-refractivity contribution in [3.63, 3.8) is 0 Å². The Bertz CT molecular complexity index is 1100. The Morgan fingerprint density at radius 2 is 1.80 bits per heavy atom. The molecule has 0 aliphatic carbocycles. The van der Waals surface area contributed by atoms with Crippen LogP contribution in [0, 0.1) is 34.0 Å². The van der Waals surface area contributed by atoms with Crippen LogP contribution in [0.15, 0.2) is 18.2 Å². The number of anilines is 2. The van der Waals surface area contributed by atoms with Gasteiger partial charge in [0.1, 0.15) is 56.0 Å². The Balaban J connectivity index is 1.50. The van der Waals surface area contributed by atoms with Gasteiger partial charge in [-0.3, -0.25) is 4.90 Å². The van der Waals surface area contributed by atoms with Crippen molar-refractivity contribution in [2.24, 2.45) is 0 Å². The number of hydrogen-bond acceptors (Lipinski definition) is 7. The van der Waals surface area contributed by atoms with Crippen LogP contribution < -0.4 is 30.0 Å². The van der Waals surface area contributed by atoms with Crippen LogP contribution in [0.4, 0.5) is 11.6 Å².